The number of carbonyl (C=O) groups is 3. The number of thioether (sulfide) groups is 1. The van der Waals surface area contributed by atoms with Crippen LogP contribution in [0.4, 0.5) is 11.4 Å². The van der Waals surface area contributed by atoms with Crippen LogP contribution in [0.25, 0.3) is 0 Å². The molecule has 1 aliphatic rings. The molecule has 26 heavy (non-hydrogen) atoms. The molecule has 1 fully saturated rings. The summed E-state index contributed by atoms with van der Waals surface area (Å²) in [4.78, 5) is 38.2. The number of rotatable bonds is 5. The number of amides is 3. The molecule has 2 aromatic rings. The molecule has 3 rings (SSSR count). The zero-order valence-corrected chi connectivity index (χ0v) is 15.5. The second-order valence-corrected chi connectivity index (χ2v) is 7.44. The molecule has 0 aromatic heterocycles. The summed E-state index contributed by atoms with van der Waals surface area (Å²) >= 11 is 1.20. The van der Waals surface area contributed by atoms with E-state index in [-0.39, 0.29) is 29.9 Å². The minimum atomic E-state index is -0.523. The monoisotopic (exact) mass is 368 g/mol. The minimum absolute atomic E-state index is 0.120. The molecule has 0 saturated carbocycles. The molecule has 5 nitrogen and oxygen atoms in total. The summed E-state index contributed by atoms with van der Waals surface area (Å²) in [6, 6.07) is 14.7. The van der Waals surface area contributed by atoms with Crippen LogP contribution in [0.2, 0.25) is 0 Å². The average Bonchev–Trinajstić information content (AvgIpc) is 2.90. The van der Waals surface area contributed by atoms with Gasteiger partial charge in [0.25, 0.3) is 0 Å². The van der Waals surface area contributed by atoms with Crippen molar-refractivity contribution in [3.8, 4) is 0 Å². The van der Waals surface area contributed by atoms with Gasteiger partial charge in [-0.3, -0.25) is 14.4 Å². The molecule has 0 unspecified atom stereocenters. The van der Waals surface area contributed by atoms with Gasteiger partial charge in [-0.1, -0.05) is 24.3 Å². The zero-order valence-electron chi connectivity index (χ0n) is 14.7. The van der Waals surface area contributed by atoms with Crippen LogP contribution in [0, 0.1) is 13.8 Å². The van der Waals surface area contributed by atoms with Gasteiger partial charge in [0.2, 0.25) is 17.7 Å². The van der Waals surface area contributed by atoms with E-state index in [1.54, 1.807) is 18.2 Å². The molecule has 1 aliphatic heterocycles. The van der Waals surface area contributed by atoms with E-state index in [2.05, 4.69) is 5.32 Å². The van der Waals surface area contributed by atoms with Crippen molar-refractivity contribution in [3.63, 3.8) is 0 Å². The van der Waals surface area contributed by atoms with E-state index in [1.165, 1.54) is 16.7 Å². The number of anilines is 2. The van der Waals surface area contributed by atoms with Gasteiger partial charge in [-0.2, -0.15) is 0 Å². The molecule has 0 bridgehead atoms. The van der Waals surface area contributed by atoms with Crippen LogP contribution >= 0.6 is 11.8 Å². The maximum absolute atomic E-state index is 12.6. The molecule has 0 spiro atoms. The lowest BCUT2D eigenvalue weighted by molar-refractivity contribution is -0.121. The summed E-state index contributed by atoms with van der Waals surface area (Å²) in [5, 5.41) is 2.26. The van der Waals surface area contributed by atoms with E-state index in [1.807, 2.05) is 44.2 Å². The van der Waals surface area contributed by atoms with Gasteiger partial charge in [0, 0.05) is 12.1 Å². The molecule has 3 amide bonds. The SMILES string of the molecule is Cc1ccc(N2C(=O)C[C@@H](SCC(=O)Nc3ccccc3)C2=O)cc1C. The first-order valence-corrected chi connectivity index (χ1v) is 9.41. The lowest BCUT2D eigenvalue weighted by Crippen LogP contribution is -2.31. The highest BCUT2D eigenvalue weighted by Crippen LogP contribution is 2.30. The van der Waals surface area contributed by atoms with Gasteiger partial charge >= 0.3 is 0 Å². The Bertz CT molecular complexity index is 851. The van der Waals surface area contributed by atoms with Crippen LogP contribution in [0.15, 0.2) is 48.5 Å². The van der Waals surface area contributed by atoms with E-state index >= 15 is 0 Å². The Morgan fingerprint density at radius 3 is 2.54 bits per heavy atom. The number of nitrogens with zero attached hydrogens (tertiary/aromatic N) is 1. The van der Waals surface area contributed by atoms with Crippen molar-refractivity contribution < 1.29 is 14.4 Å². The molecule has 1 atom stereocenters. The first-order valence-electron chi connectivity index (χ1n) is 8.36. The number of carbonyl (C=O) groups excluding carboxylic acids is 3. The summed E-state index contributed by atoms with van der Waals surface area (Å²) in [5.74, 6) is -0.541. The van der Waals surface area contributed by atoms with Crippen molar-refractivity contribution in [2.24, 2.45) is 0 Å². The van der Waals surface area contributed by atoms with Gasteiger partial charge in [-0.15, -0.1) is 11.8 Å². The number of aryl methyl sites for hydroxylation is 2. The van der Waals surface area contributed by atoms with Crippen LogP contribution in [-0.2, 0) is 14.4 Å². The fourth-order valence-corrected chi connectivity index (χ4v) is 3.70. The third-order valence-electron chi connectivity index (χ3n) is 4.33. The Kier molecular flexibility index (Phi) is 5.42. The van der Waals surface area contributed by atoms with Crippen molar-refractivity contribution in [3.05, 3.63) is 59.7 Å². The highest BCUT2D eigenvalue weighted by Gasteiger charge is 2.40. The predicted octanol–water partition coefficient (Wildman–Crippen LogP) is 3.31. The standard InChI is InChI=1S/C20H20N2O3S/c1-13-8-9-16(10-14(13)2)22-19(24)11-17(20(22)25)26-12-18(23)21-15-6-4-3-5-7-15/h3-10,17H,11-12H2,1-2H3,(H,21,23)/t17-/m1/s1. The molecule has 1 N–H and O–H groups in total. The molecule has 2 aromatic carbocycles. The second-order valence-electron chi connectivity index (χ2n) is 6.25. The van der Waals surface area contributed by atoms with Gasteiger partial charge in [0.1, 0.15) is 0 Å². The van der Waals surface area contributed by atoms with E-state index in [0.29, 0.717) is 11.4 Å². The average molecular weight is 368 g/mol. The third-order valence-corrected chi connectivity index (χ3v) is 5.53. The molecule has 1 heterocycles. The van der Waals surface area contributed by atoms with E-state index in [4.69, 9.17) is 0 Å². The van der Waals surface area contributed by atoms with Crippen molar-refractivity contribution >= 4 is 40.9 Å². The molecular weight excluding hydrogens is 348 g/mol. The normalized spacial score (nSPS) is 16.8. The van der Waals surface area contributed by atoms with Crippen LogP contribution in [-0.4, -0.2) is 28.7 Å². The highest BCUT2D eigenvalue weighted by atomic mass is 32.2. The van der Waals surface area contributed by atoms with Crippen molar-refractivity contribution in [1.82, 2.24) is 0 Å². The first-order chi connectivity index (χ1) is 12.5. The van der Waals surface area contributed by atoms with E-state index < -0.39 is 5.25 Å². The Labute approximate surface area is 156 Å². The Morgan fingerprint density at radius 2 is 1.85 bits per heavy atom. The maximum atomic E-state index is 12.6. The number of imide groups is 1. The number of para-hydroxylation sites is 1. The van der Waals surface area contributed by atoms with E-state index in [9.17, 15) is 14.4 Å². The first kappa shape index (κ1) is 18.2. The summed E-state index contributed by atoms with van der Waals surface area (Å²) in [6.07, 6.45) is 0.120. The Morgan fingerprint density at radius 1 is 1.12 bits per heavy atom. The smallest absolute Gasteiger partial charge is 0.247 e. The van der Waals surface area contributed by atoms with Crippen LogP contribution < -0.4 is 10.2 Å². The van der Waals surface area contributed by atoms with Crippen LogP contribution in [0.1, 0.15) is 17.5 Å². The summed E-state index contributed by atoms with van der Waals surface area (Å²) in [5.41, 5.74) is 3.45. The quantitative estimate of drug-likeness (QED) is 0.823. The molecule has 1 saturated heterocycles. The second kappa shape index (κ2) is 7.74. The Balaban J connectivity index is 1.61. The fraction of sp³-hybridized carbons (Fsp3) is 0.250. The zero-order chi connectivity index (χ0) is 18.7. The topological polar surface area (TPSA) is 66.5 Å². The van der Waals surface area contributed by atoms with Gasteiger partial charge in [-0.05, 0) is 49.2 Å². The van der Waals surface area contributed by atoms with Crippen molar-refractivity contribution in [2.45, 2.75) is 25.5 Å². The lowest BCUT2D eigenvalue weighted by atomic mass is 10.1. The van der Waals surface area contributed by atoms with Crippen LogP contribution in [0.5, 0.6) is 0 Å². The molecule has 134 valence electrons. The summed E-state index contributed by atoms with van der Waals surface area (Å²) in [6.45, 7) is 3.93. The highest BCUT2D eigenvalue weighted by molar-refractivity contribution is 8.01. The molecule has 0 aliphatic carbocycles. The number of hydrogen-bond acceptors (Lipinski definition) is 4. The largest absolute Gasteiger partial charge is 0.325 e. The number of nitrogens with one attached hydrogen (secondary N) is 1. The third kappa shape index (κ3) is 3.96. The lowest BCUT2D eigenvalue weighted by Gasteiger charge is -2.16. The maximum Gasteiger partial charge on any atom is 0.247 e. The number of hydrogen-bond donors (Lipinski definition) is 1. The molecule has 6 heteroatoms. The number of benzene rings is 2. The van der Waals surface area contributed by atoms with Gasteiger partial charge in [0.05, 0.1) is 16.7 Å². The summed E-state index contributed by atoms with van der Waals surface area (Å²) in [7, 11) is 0. The minimum Gasteiger partial charge on any atom is -0.325 e. The van der Waals surface area contributed by atoms with Gasteiger partial charge in [0.15, 0.2) is 0 Å². The van der Waals surface area contributed by atoms with Gasteiger partial charge in [-0.25, -0.2) is 4.90 Å². The van der Waals surface area contributed by atoms with E-state index in [0.717, 1.165) is 11.1 Å². The van der Waals surface area contributed by atoms with Gasteiger partial charge < -0.3 is 5.32 Å². The fourth-order valence-electron chi connectivity index (χ4n) is 2.77. The molecular formula is C20H20N2O3S. The Hall–Kier alpha value is -2.60. The van der Waals surface area contributed by atoms with Crippen LogP contribution in [0.3, 0.4) is 0 Å². The summed E-state index contributed by atoms with van der Waals surface area (Å²) < 4.78 is 0. The predicted molar refractivity (Wildman–Crippen MR) is 104 cm³/mol. The van der Waals surface area contributed by atoms with Crippen molar-refractivity contribution in [2.75, 3.05) is 16.0 Å². The molecule has 0 radical (unpaired) electrons. The van der Waals surface area contributed by atoms with Crippen molar-refractivity contribution in [1.29, 1.82) is 0 Å².